The van der Waals surface area contributed by atoms with Crippen molar-refractivity contribution in [3.05, 3.63) is 58.7 Å². The van der Waals surface area contributed by atoms with Crippen molar-refractivity contribution in [2.24, 2.45) is 34.1 Å². The van der Waals surface area contributed by atoms with Crippen molar-refractivity contribution in [1.29, 1.82) is 0 Å². The van der Waals surface area contributed by atoms with Crippen molar-refractivity contribution in [3.63, 3.8) is 0 Å². The molecular weight excluding hydrogens is 598 g/mol. The largest absolute Gasteiger partial charge is 0.399 e. The monoisotopic (exact) mass is 655 g/mol. The van der Waals surface area contributed by atoms with Crippen LogP contribution in [0.25, 0.3) is 0 Å². The number of aryl methyl sites for hydroxylation is 2. The second-order valence-electron chi connectivity index (χ2n) is 16.5. The summed E-state index contributed by atoms with van der Waals surface area (Å²) in [4.78, 5) is 41.8. The number of hydrogen-bond donors (Lipinski definition) is 5. The first-order valence-corrected chi connectivity index (χ1v) is 18.4. The molecule has 0 radical (unpaired) electrons. The number of amides is 3. The van der Waals surface area contributed by atoms with Crippen LogP contribution in [0.1, 0.15) is 121 Å². The Bertz CT molecular complexity index is 1590. The molecule has 3 amide bonds. The van der Waals surface area contributed by atoms with Gasteiger partial charge in [-0.1, -0.05) is 59.1 Å². The minimum atomic E-state index is -0.688. The third-order valence-corrected chi connectivity index (χ3v) is 13.6. The molecule has 0 heterocycles. The fraction of sp³-hybridized carbons (Fsp3) is 0.625. The molecule has 2 aromatic carbocycles. The lowest BCUT2D eigenvalue weighted by atomic mass is 9.49. The number of hydrogen-bond acceptors (Lipinski definition) is 6. The first kappa shape index (κ1) is 34.6. The van der Waals surface area contributed by atoms with E-state index < -0.39 is 16.9 Å². The van der Waals surface area contributed by atoms with Crippen LogP contribution < -0.4 is 27.8 Å². The van der Waals surface area contributed by atoms with E-state index in [-0.39, 0.29) is 40.4 Å². The van der Waals surface area contributed by atoms with Crippen LogP contribution in [0.5, 0.6) is 0 Å². The number of imide groups is 1. The van der Waals surface area contributed by atoms with Gasteiger partial charge >= 0.3 is 0 Å². The van der Waals surface area contributed by atoms with Gasteiger partial charge in [0.05, 0.1) is 16.9 Å². The number of rotatable bonds is 8. The van der Waals surface area contributed by atoms with Gasteiger partial charge in [-0.25, -0.2) is 0 Å². The van der Waals surface area contributed by atoms with Crippen LogP contribution in [0.15, 0.2) is 36.4 Å². The smallest absolute Gasteiger partial charge is 0.241 e. The van der Waals surface area contributed by atoms with E-state index >= 15 is 0 Å². The number of benzene rings is 2. The molecule has 8 heteroatoms. The van der Waals surface area contributed by atoms with Crippen LogP contribution in [0.2, 0.25) is 0 Å². The molecular formula is C40H57N5O3. The highest BCUT2D eigenvalue weighted by Gasteiger charge is 2.58. The highest BCUT2D eigenvalue weighted by molar-refractivity contribution is 6.01. The van der Waals surface area contributed by atoms with Crippen LogP contribution in [0.3, 0.4) is 0 Å². The standard InChI is InChI=1S/C40H57N5O3/c1-37-18-7-20-39(3,32(37)16-12-25-10-14-27(42)23-29(25)37)35(47)45-36(48)40(4)21-8-19-38(2)30-24-28(15-11-26(30)13-17-33(38)40)44-34(46)31(43)9-5-6-22-41/h10-11,14-15,23-24,31-33H,5-9,12-13,16-22,41-43H2,1-4H3,(H,44,46)(H,45,47,48)/t31-,32+,33?,37+,38+,39-,40-/m0/s1. The van der Waals surface area contributed by atoms with Gasteiger partial charge in [0, 0.05) is 11.4 Å². The van der Waals surface area contributed by atoms with Crippen molar-refractivity contribution < 1.29 is 14.4 Å². The molecule has 7 atom stereocenters. The number of nitrogens with one attached hydrogen (secondary N) is 2. The van der Waals surface area contributed by atoms with Gasteiger partial charge in [-0.15, -0.1) is 0 Å². The normalized spacial score (nSPS) is 32.9. The Hall–Kier alpha value is -3.23. The first-order chi connectivity index (χ1) is 22.8. The van der Waals surface area contributed by atoms with E-state index in [0.717, 1.165) is 88.4 Å². The molecule has 8 N–H and O–H groups in total. The van der Waals surface area contributed by atoms with E-state index in [4.69, 9.17) is 17.2 Å². The Kier molecular flexibility index (Phi) is 9.31. The number of nitrogens with two attached hydrogens (primary N) is 3. The number of carbonyl (C=O) groups excluding carboxylic acids is 3. The molecule has 1 unspecified atom stereocenters. The summed E-state index contributed by atoms with van der Waals surface area (Å²) in [6.07, 6.45) is 11.2. The molecule has 0 aromatic heterocycles. The summed E-state index contributed by atoms with van der Waals surface area (Å²) in [5, 5.41) is 6.10. The molecule has 0 spiro atoms. The molecule has 4 aliphatic carbocycles. The lowest BCUT2D eigenvalue weighted by Crippen LogP contribution is -2.60. The second kappa shape index (κ2) is 12.9. The van der Waals surface area contributed by atoms with E-state index in [9.17, 15) is 14.4 Å². The minimum Gasteiger partial charge on any atom is -0.399 e. The Morgan fingerprint density at radius 1 is 0.792 bits per heavy atom. The van der Waals surface area contributed by atoms with E-state index in [1.165, 1.54) is 22.3 Å². The average molecular weight is 656 g/mol. The average Bonchev–Trinajstić information content (AvgIpc) is 3.05. The van der Waals surface area contributed by atoms with Gasteiger partial charge in [-0.05, 0) is 140 Å². The Morgan fingerprint density at radius 3 is 1.90 bits per heavy atom. The lowest BCUT2D eigenvalue weighted by molar-refractivity contribution is -0.150. The lowest BCUT2D eigenvalue weighted by Gasteiger charge is -2.56. The van der Waals surface area contributed by atoms with Gasteiger partial charge in [-0.2, -0.15) is 0 Å². The predicted octanol–water partition coefficient (Wildman–Crippen LogP) is 6.03. The Morgan fingerprint density at radius 2 is 1.33 bits per heavy atom. The molecule has 0 saturated heterocycles. The molecule has 6 rings (SSSR count). The van der Waals surface area contributed by atoms with Crippen molar-refractivity contribution in [2.75, 3.05) is 17.6 Å². The third-order valence-electron chi connectivity index (χ3n) is 13.6. The van der Waals surface area contributed by atoms with Crippen LogP contribution in [0.4, 0.5) is 11.4 Å². The summed E-state index contributed by atoms with van der Waals surface area (Å²) in [5.74, 6) is -0.234. The number of carbonyl (C=O) groups is 3. The van der Waals surface area contributed by atoms with Crippen LogP contribution in [0, 0.1) is 22.7 Å². The Labute approximate surface area is 286 Å². The summed E-state index contributed by atoms with van der Waals surface area (Å²) >= 11 is 0. The summed E-state index contributed by atoms with van der Waals surface area (Å²) < 4.78 is 0. The minimum absolute atomic E-state index is 0.0671. The molecule has 260 valence electrons. The van der Waals surface area contributed by atoms with Crippen LogP contribution in [-0.2, 0) is 38.1 Å². The van der Waals surface area contributed by atoms with Crippen LogP contribution >= 0.6 is 0 Å². The quantitative estimate of drug-likeness (QED) is 0.133. The maximum absolute atomic E-state index is 14.5. The van der Waals surface area contributed by atoms with Crippen molar-refractivity contribution in [2.45, 2.75) is 128 Å². The van der Waals surface area contributed by atoms with Crippen molar-refractivity contribution in [3.8, 4) is 0 Å². The Balaban J connectivity index is 1.21. The maximum Gasteiger partial charge on any atom is 0.241 e. The molecule has 4 aliphatic rings. The number of unbranched alkanes of at least 4 members (excludes halogenated alkanes) is 1. The fourth-order valence-corrected chi connectivity index (χ4v) is 10.8. The molecule has 2 aromatic rings. The van der Waals surface area contributed by atoms with Gasteiger partial charge in [0.2, 0.25) is 17.7 Å². The maximum atomic E-state index is 14.5. The summed E-state index contributed by atoms with van der Waals surface area (Å²) in [5.41, 5.74) is 22.9. The molecule has 0 bridgehead atoms. The highest BCUT2D eigenvalue weighted by Crippen LogP contribution is 2.59. The topological polar surface area (TPSA) is 153 Å². The molecule has 0 aliphatic heterocycles. The van der Waals surface area contributed by atoms with Gasteiger partial charge < -0.3 is 22.5 Å². The van der Waals surface area contributed by atoms with Gasteiger partial charge in [0.25, 0.3) is 0 Å². The van der Waals surface area contributed by atoms with Gasteiger partial charge in [-0.3, -0.25) is 19.7 Å². The predicted molar refractivity (Wildman–Crippen MR) is 192 cm³/mol. The van der Waals surface area contributed by atoms with E-state index in [1.807, 2.05) is 12.1 Å². The van der Waals surface area contributed by atoms with Crippen LogP contribution in [-0.4, -0.2) is 30.3 Å². The highest BCUT2D eigenvalue weighted by atomic mass is 16.2. The zero-order chi connectivity index (χ0) is 34.5. The zero-order valence-corrected chi connectivity index (χ0v) is 29.6. The molecule has 2 fully saturated rings. The van der Waals surface area contributed by atoms with Gasteiger partial charge in [0.15, 0.2) is 0 Å². The summed E-state index contributed by atoms with van der Waals surface area (Å²) in [7, 11) is 0. The summed E-state index contributed by atoms with van der Waals surface area (Å²) in [6, 6.07) is 11.9. The zero-order valence-electron chi connectivity index (χ0n) is 29.6. The number of anilines is 2. The molecule has 8 nitrogen and oxygen atoms in total. The fourth-order valence-electron chi connectivity index (χ4n) is 10.8. The SMILES string of the molecule is C[C@]1(C(=O)NC(=O)[C@@]2(C)CCC[C@]3(C)c4cc(N)ccc4CC[C@@H]23)CCC[C@]2(C)c3cc(NC(=O)[C@@H](N)CCCCN)ccc3CCC12. The second-order valence-corrected chi connectivity index (χ2v) is 16.5. The van der Waals surface area contributed by atoms with Gasteiger partial charge in [0.1, 0.15) is 0 Å². The first-order valence-electron chi connectivity index (χ1n) is 18.4. The van der Waals surface area contributed by atoms with Crippen molar-refractivity contribution >= 4 is 29.1 Å². The van der Waals surface area contributed by atoms with E-state index in [2.05, 4.69) is 62.6 Å². The number of fused-ring (bicyclic) bond motifs is 6. The molecule has 2 saturated carbocycles. The third kappa shape index (κ3) is 5.77. The number of nitrogen functional groups attached to an aromatic ring is 1. The van der Waals surface area contributed by atoms with E-state index in [0.29, 0.717) is 13.0 Å². The van der Waals surface area contributed by atoms with Crippen molar-refractivity contribution in [1.82, 2.24) is 5.32 Å². The molecule has 48 heavy (non-hydrogen) atoms. The van der Waals surface area contributed by atoms with E-state index in [1.54, 1.807) is 0 Å². The summed E-state index contributed by atoms with van der Waals surface area (Å²) in [6.45, 7) is 9.36.